The lowest BCUT2D eigenvalue weighted by Crippen LogP contribution is -2.17. The molecule has 0 unspecified atom stereocenters. The van der Waals surface area contributed by atoms with Crippen molar-refractivity contribution < 1.29 is 27.9 Å². The summed E-state index contributed by atoms with van der Waals surface area (Å²) in [4.78, 5) is 25.0. The molecule has 8 nitrogen and oxygen atoms in total. The summed E-state index contributed by atoms with van der Waals surface area (Å²) in [6, 6.07) is 2.48. The molecule has 1 aromatic heterocycles. The van der Waals surface area contributed by atoms with Crippen LogP contribution in [0.15, 0.2) is 23.2 Å². The number of halogens is 1. The van der Waals surface area contributed by atoms with E-state index < -0.39 is 21.6 Å². The van der Waals surface area contributed by atoms with E-state index in [1.165, 1.54) is 29.9 Å². The van der Waals surface area contributed by atoms with Crippen molar-refractivity contribution in [1.82, 2.24) is 9.78 Å². The number of aromatic hydroxyl groups is 1. The molecule has 0 aliphatic carbocycles. The van der Waals surface area contributed by atoms with Crippen LogP contribution in [0.2, 0.25) is 0 Å². The second-order valence-electron chi connectivity index (χ2n) is 5.74. The minimum absolute atomic E-state index is 0.0433. The van der Waals surface area contributed by atoms with Crippen LogP contribution in [0.25, 0.3) is 0 Å². The molecule has 27 heavy (non-hydrogen) atoms. The Balaban J connectivity index is 2.63. The Morgan fingerprint density at radius 3 is 2.48 bits per heavy atom. The summed E-state index contributed by atoms with van der Waals surface area (Å²) in [5.74, 6) is -1.74. The standard InChI is InChI=1S/C17H19ClN2O6S/c1-4-20-16(22)12(9-19-20)15(21)11-5-6-13(27(3,24)25)14(10(11)2)17(23)26-8-7-18/h5-6,9,22H,4,7-8H2,1-3H3. The van der Waals surface area contributed by atoms with Gasteiger partial charge in [-0.1, -0.05) is 0 Å². The molecule has 0 spiro atoms. The van der Waals surface area contributed by atoms with Crippen LogP contribution in [0.1, 0.15) is 38.8 Å². The number of hydrogen-bond acceptors (Lipinski definition) is 7. The van der Waals surface area contributed by atoms with Crippen molar-refractivity contribution in [2.45, 2.75) is 25.3 Å². The maximum Gasteiger partial charge on any atom is 0.339 e. The fraction of sp³-hybridized carbons (Fsp3) is 0.353. The number of alkyl halides is 1. The number of nitrogens with zero attached hydrogens (tertiary/aromatic N) is 2. The SMILES string of the molecule is CCn1ncc(C(=O)c2ccc(S(C)(=O)=O)c(C(=O)OCCCl)c2C)c1O. The Bertz CT molecular complexity index is 997. The van der Waals surface area contributed by atoms with Crippen molar-refractivity contribution in [1.29, 1.82) is 0 Å². The summed E-state index contributed by atoms with van der Waals surface area (Å²) in [6.45, 7) is 3.45. The van der Waals surface area contributed by atoms with Crippen LogP contribution in [0.3, 0.4) is 0 Å². The van der Waals surface area contributed by atoms with Crippen LogP contribution in [-0.4, -0.2) is 53.8 Å². The zero-order chi connectivity index (χ0) is 20.4. The number of sulfone groups is 1. The van der Waals surface area contributed by atoms with E-state index in [1.54, 1.807) is 6.92 Å². The molecule has 1 aromatic carbocycles. The maximum atomic E-state index is 12.8. The summed E-state index contributed by atoms with van der Waals surface area (Å²) in [5, 5.41) is 14.0. The largest absolute Gasteiger partial charge is 0.493 e. The Kier molecular flexibility index (Phi) is 6.27. The van der Waals surface area contributed by atoms with Crippen LogP contribution in [0, 0.1) is 6.92 Å². The minimum atomic E-state index is -3.75. The lowest BCUT2D eigenvalue weighted by Gasteiger charge is -2.14. The first-order valence-electron chi connectivity index (χ1n) is 7.99. The molecule has 0 radical (unpaired) electrons. The fourth-order valence-corrected chi connectivity index (χ4v) is 3.61. The monoisotopic (exact) mass is 414 g/mol. The number of esters is 1. The first kappa shape index (κ1) is 20.9. The summed E-state index contributed by atoms with van der Waals surface area (Å²) < 4.78 is 30.3. The molecular formula is C17H19ClN2O6S. The first-order valence-corrected chi connectivity index (χ1v) is 10.4. The second-order valence-corrected chi connectivity index (χ2v) is 8.10. The smallest absolute Gasteiger partial charge is 0.339 e. The van der Waals surface area contributed by atoms with Crippen LogP contribution in [0.4, 0.5) is 0 Å². The van der Waals surface area contributed by atoms with Crippen molar-refractivity contribution in [3.63, 3.8) is 0 Å². The van der Waals surface area contributed by atoms with Gasteiger partial charge >= 0.3 is 5.97 Å². The van der Waals surface area contributed by atoms with Gasteiger partial charge in [-0.05, 0) is 31.5 Å². The zero-order valence-corrected chi connectivity index (χ0v) is 16.6. The number of carbonyl (C=O) groups excluding carboxylic acids is 2. The topological polar surface area (TPSA) is 116 Å². The van der Waals surface area contributed by atoms with Gasteiger partial charge in [-0.2, -0.15) is 5.10 Å². The number of aryl methyl sites for hydroxylation is 1. The normalized spacial score (nSPS) is 11.4. The molecule has 2 aromatic rings. The maximum absolute atomic E-state index is 12.8. The number of aromatic nitrogens is 2. The third-order valence-corrected chi connectivity index (χ3v) is 5.23. The molecule has 0 saturated carbocycles. The molecule has 1 N–H and O–H groups in total. The minimum Gasteiger partial charge on any atom is -0.493 e. The number of hydrogen-bond donors (Lipinski definition) is 1. The predicted molar refractivity (Wildman–Crippen MR) is 98.3 cm³/mol. The van der Waals surface area contributed by atoms with Crippen molar-refractivity contribution in [2.24, 2.45) is 0 Å². The number of ketones is 1. The van der Waals surface area contributed by atoms with E-state index in [0.717, 1.165) is 6.26 Å². The quantitative estimate of drug-likeness (QED) is 0.418. The molecular weight excluding hydrogens is 396 g/mol. The van der Waals surface area contributed by atoms with Crippen molar-refractivity contribution in [3.05, 3.63) is 40.6 Å². The zero-order valence-electron chi connectivity index (χ0n) is 15.0. The highest BCUT2D eigenvalue weighted by Gasteiger charge is 2.28. The molecule has 2 rings (SSSR count). The van der Waals surface area contributed by atoms with Crippen molar-refractivity contribution in [3.8, 4) is 5.88 Å². The average molecular weight is 415 g/mol. The lowest BCUT2D eigenvalue weighted by molar-refractivity contribution is 0.0523. The number of carbonyl (C=O) groups is 2. The summed E-state index contributed by atoms with van der Waals surface area (Å²) in [7, 11) is -3.75. The fourth-order valence-electron chi connectivity index (χ4n) is 2.61. The summed E-state index contributed by atoms with van der Waals surface area (Å²) in [6.07, 6.45) is 2.18. The van der Waals surface area contributed by atoms with E-state index in [4.69, 9.17) is 16.3 Å². The van der Waals surface area contributed by atoms with Crippen molar-refractivity contribution in [2.75, 3.05) is 18.7 Å². The third kappa shape index (κ3) is 4.14. The van der Waals surface area contributed by atoms with Gasteiger partial charge in [0.1, 0.15) is 12.2 Å². The van der Waals surface area contributed by atoms with Gasteiger partial charge in [0.2, 0.25) is 5.88 Å². The molecule has 146 valence electrons. The molecule has 10 heteroatoms. The molecule has 1 heterocycles. The number of ether oxygens (including phenoxy) is 1. The predicted octanol–water partition coefficient (Wildman–Crippen LogP) is 1.95. The average Bonchev–Trinajstić information content (AvgIpc) is 2.98. The summed E-state index contributed by atoms with van der Waals surface area (Å²) >= 11 is 5.51. The van der Waals surface area contributed by atoms with Crippen LogP contribution < -0.4 is 0 Å². The molecule has 0 aliphatic rings. The van der Waals surface area contributed by atoms with Gasteiger partial charge in [0.25, 0.3) is 0 Å². The Hall–Kier alpha value is -2.39. The highest BCUT2D eigenvalue weighted by atomic mass is 35.5. The first-order chi connectivity index (χ1) is 12.6. The number of rotatable bonds is 7. The molecule has 0 bridgehead atoms. The van der Waals surface area contributed by atoms with Crippen LogP contribution in [0.5, 0.6) is 5.88 Å². The van der Waals surface area contributed by atoms with E-state index >= 15 is 0 Å². The molecule has 0 aliphatic heterocycles. The summed E-state index contributed by atoms with van der Waals surface area (Å²) in [5.41, 5.74) is -0.0831. The highest BCUT2D eigenvalue weighted by molar-refractivity contribution is 7.90. The molecule has 0 atom stereocenters. The van der Waals surface area contributed by atoms with Crippen LogP contribution in [-0.2, 0) is 21.1 Å². The van der Waals surface area contributed by atoms with Crippen molar-refractivity contribution >= 4 is 33.2 Å². The van der Waals surface area contributed by atoms with Gasteiger partial charge in [0, 0.05) is 18.4 Å². The van der Waals surface area contributed by atoms with E-state index in [2.05, 4.69) is 5.10 Å². The lowest BCUT2D eigenvalue weighted by atomic mass is 9.96. The Morgan fingerprint density at radius 1 is 1.30 bits per heavy atom. The van der Waals surface area contributed by atoms with Gasteiger partial charge in [-0.15, -0.1) is 11.6 Å². The second kappa shape index (κ2) is 8.10. The van der Waals surface area contributed by atoms with Crippen LogP contribution >= 0.6 is 11.6 Å². The van der Waals surface area contributed by atoms with Gasteiger partial charge < -0.3 is 9.84 Å². The van der Waals surface area contributed by atoms with Gasteiger partial charge in [-0.25, -0.2) is 17.9 Å². The Labute approximate surface area is 161 Å². The van der Waals surface area contributed by atoms with E-state index in [0.29, 0.717) is 6.54 Å². The van der Waals surface area contributed by atoms with Gasteiger partial charge in [0.05, 0.1) is 22.5 Å². The van der Waals surface area contributed by atoms with E-state index in [1.807, 2.05) is 0 Å². The van der Waals surface area contributed by atoms with E-state index in [9.17, 15) is 23.1 Å². The van der Waals surface area contributed by atoms with Gasteiger partial charge in [-0.3, -0.25) is 4.79 Å². The van der Waals surface area contributed by atoms with Gasteiger partial charge in [0.15, 0.2) is 15.6 Å². The highest BCUT2D eigenvalue weighted by Crippen LogP contribution is 2.28. The van der Waals surface area contributed by atoms with E-state index in [-0.39, 0.29) is 45.5 Å². The molecule has 0 saturated heterocycles. The molecule has 0 fully saturated rings. The Morgan fingerprint density at radius 2 is 1.96 bits per heavy atom. The number of benzene rings is 1. The molecule has 0 amide bonds. The third-order valence-electron chi connectivity index (χ3n) is 3.94.